The number of likely N-dealkylation sites (tertiary alicyclic amines) is 1. The van der Waals surface area contributed by atoms with E-state index in [1.54, 1.807) is 0 Å². The zero-order chi connectivity index (χ0) is 20.6. The molecule has 0 amide bonds. The van der Waals surface area contributed by atoms with Gasteiger partial charge < -0.3 is 9.67 Å². The van der Waals surface area contributed by atoms with Gasteiger partial charge in [-0.15, -0.1) is 0 Å². The van der Waals surface area contributed by atoms with Crippen LogP contribution < -0.4 is 0 Å². The first-order valence-electron chi connectivity index (χ1n) is 10.9. The third-order valence-corrected chi connectivity index (χ3v) is 6.90. The molecule has 1 saturated carbocycles. The molecule has 2 fully saturated rings. The van der Waals surface area contributed by atoms with Crippen LogP contribution in [0.3, 0.4) is 0 Å². The molecule has 0 spiro atoms. The number of benzene rings is 2. The quantitative estimate of drug-likeness (QED) is 0.692. The van der Waals surface area contributed by atoms with E-state index in [1.807, 2.05) is 42.7 Å². The van der Waals surface area contributed by atoms with Crippen molar-refractivity contribution < 1.29 is 9.50 Å². The van der Waals surface area contributed by atoms with Crippen LogP contribution in [0, 0.1) is 17.7 Å². The van der Waals surface area contributed by atoms with Crippen molar-refractivity contribution >= 4 is 0 Å². The Kier molecular flexibility index (Phi) is 5.17. The number of halogens is 1. The lowest BCUT2D eigenvalue weighted by Gasteiger charge is -2.52. The summed E-state index contributed by atoms with van der Waals surface area (Å²) in [6.45, 7) is 3.18. The Hall–Kier alpha value is -2.50. The number of imidazole rings is 1. The van der Waals surface area contributed by atoms with E-state index < -0.39 is 5.60 Å². The zero-order valence-electron chi connectivity index (χ0n) is 17.1. The molecule has 1 saturated heterocycles. The first kappa shape index (κ1) is 19.5. The van der Waals surface area contributed by atoms with Crippen LogP contribution in [0.5, 0.6) is 0 Å². The molecule has 1 aromatic heterocycles. The van der Waals surface area contributed by atoms with E-state index in [9.17, 15) is 9.50 Å². The topological polar surface area (TPSA) is 41.3 Å². The van der Waals surface area contributed by atoms with Gasteiger partial charge in [-0.1, -0.05) is 48.9 Å². The Morgan fingerprint density at radius 1 is 0.933 bits per heavy atom. The predicted octanol–water partition coefficient (Wildman–Crippen LogP) is 4.19. The molecule has 2 unspecified atom stereocenters. The molecule has 1 aliphatic heterocycles. The molecule has 2 atom stereocenters. The zero-order valence-corrected chi connectivity index (χ0v) is 17.1. The minimum Gasteiger partial charge on any atom is -0.381 e. The molecule has 5 rings (SSSR count). The molecule has 30 heavy (non-hydrogen) atoms. The van der Waals surface area contributed by atoms with Gasteiger partial charge in [0.2, 0.25) is 0 Å². The normalized spacial score (nSPS) is 26.6. The van der Waals surface area contributed by atoms with Crippen molar-refractivity contribution in [3.05, 3.63) is 89.8 Å². The number of rotatable bonds is 5. The lowest BCUT2D eigenvalue weighted by molar-refractivity contribution is -0.155. The van der Waals surface area contributed by atoms with E-state index in [0.717, 1.165) is 56.8 Å². The van der Waals surface area contributed by atoms with Crippen molar-refractivity contribution in [2.75, 3.05) is 13.1 Å². The lowest BCUT2D eigenvalue weighted by atomic mass is 9.65. The first-order chi connectivity index (χ1) is 14.6. The average molecular weight is 406 g/mol. The summed E-state index contributed by atoms with van der Waals surface area (Å²) in [5, 5.41) is 12.0. The number of fused-ring (bicyclic) bond motifs is 2. The van der Waals surface area contributed by atoms with E-state index in [0.29, 0.717) is 0 Å². The second-order valence-electron chi connectivity index (χ2n) is 8.83. The second kappa shape index (κ2) is 7.97. The molecular formula is C25H28FN3O. The standard InChI is InChI=1S/C25H28FN3O/c26-23-11-9-20(10-12-23)15-28-17-21-7-4-8-22(18-28)25(21,30)24-27-13-14-29(24)16-19-5-2-1-3-6-19/h1-3,5-6,9-14,21-22,30H,4,7-8,15-18H2. The molecule has 1 aliphatic carbocycles. The molecule has 3 aromatic rings. The molecule has 156 valence electrons. The molecule has 0 radical (unpaired) electrons. The Balaban J connectivity index is 1.39. The highest BCUT2D eigenvalue weighted by atomic mass is 19.1. The van der Waals surface area contributed by atoms with Gasteiger partial charge in [-0.2, -0.15) is 0 Å². The Morgan fingerprint density at radius 2 is 1.60 bits per heavy atom. The van der Waals surface area contributed by atoms with Gasteiger partial charge in [-0.25, -0.2) is 9.37 Å². The molecule has 5 heteroatoms. The van der Waals surface area contributed by atoms with Gasteiger partial charge in [0, 0.05) is 50.4 Å². The van der Waals surface area contributed by atoms with Gasteiger partial charge in [-0.05, 0) is 36.1 Å². The summed E-state index contributed by atoms with van der Waals surface area (Å²) in [4.78, 5) is 7.08. The van der Waals surface area contributed by atoms with Gasteiger partial charge in [-0.3, -0.25) is 4.90 Å². The summed E-state index contributed by atoms with van der Waals surface area (Å²) < 4.78 is 15.4. The summed E-state index contributed by atoms with van der Waals surface area (Å²) in [6, 6.07) is 17.1. The third kappa shape index (κ3) is 3.57. The van der Waals surface area contributed by atoms with Crippen LogP contribution in [0.25, 0.3) is 0 Å². The van der Waals surface area contributed by atoms with Crippen LogP contribution in [0.2, 0.25) is 0 Å². The number of aromatic nitrogens is 2. The van der Waals surface area contributed by atoms with E-state index in [4.69, 9.17) is 0 Å². The second-order valence-corrected chi connectivity index (χ2v) is 8.83. The van der Waals surface area contributed by atoms with Gasteiger partial charge in [0.25, 0.3) is 0 Å². The lowest BCUT2D eigenvalue weighted by Crippen LogP contribution is -2.58. The number of nitrogens with zero attached hydrogens (tertiary/aromatic N) is 3. The molecule has 4 nitrogen and oxygen atoms in total. The Morgan fingerprint density at radius 3 is 2.30 bits per heavy atom. The van der Waals surface area contributed by atoms with Crippen molar-refractivity contribution in [1.82, 2.24) is 14.5 Å². The van der Waals surface area contributed by atoms with Crippen molar-refractivity contribution in [2.45, 2.75) is 38.0 Å². The predicted molar refractivity (Wildman–Crippen MR) is 114 cm³/mol. The maximum Gasteiger partial charge on any atom is 0.141 e. The van der Waals surface area contributed by atoms with E-state index in [-0.39, 0.29) is 17.7 Å². The smallest absolute Gasteiger partial charge is 0.141 e. The van der Waals surface area contributed by atoms with Gasteiger partial charge in [0.1, 0.15) is 17.2 Å². The largest absolute Gasteiger partial charge is 0.381 e. The van der Waals surface area contributed by atoms with Crippen molar-refractivity contribution in [3.63, 3.8) is 0 Å². The fraction of sp³-hybridized carbons (Fsp3) is 0.400. The summed E-state index contributed by atoms with van der Waals surface area (Å²) in [5.74, 6) is 0.918. The number of hydrogen-bond donors (Lipinski definition) is 1. The van der Waals surface area contributed by atoms with E-state index >= 15 is 0 Å². The molecule has 2 heterocycles. The number of piperidine rings is 1. The van der Waals surface area contributed by atoms with Crippen molar-refractivity contribution in [2.24, 2.45) is 11.8 Å². The Bertz CT molecular complexity index is 971. The molecular weight excluding hydrogens is 377 g/mol. The summed E-state index contributed by atoms with van der Waals surface area (Å²) in [6.07, 6.45) is 6.97. The Labute approximate surface area is 177 Å². The van der Waals surface area contributed by atoms with Gasteiger partial charge in [0.05, 0.1) is 0 Å². The van der Waals surface area contributed by atoms with Crippen LogP contribution in [-0.2, 0) is 18.7 Å². The molecule has 2 aliphatic rings. The van der Waals surface area contributed by atoms with Gasteiger partial charge in [0.15, 0.2) is 0 Å². The van der Waals surface area contributed by atoms with Crippen LogP contribution in [0.15, 0.2) is 67.0 Å². The minimum atomic E-state index is -0.893. The monoisotopic (exact) mass is 405 g/mol. The summed E-state index contributed by atoms with van der Waals surface area (Å²) >= 11 is 0. The summed E-state index contributed by atoms with van der Waals surface area (Å²) in [7, 11) is 0. The van der Waals surface area contributed by atoms with Crippen LogP contribution in [0.1, 0.15) is 36.2 Å². The highest BCUT2D eigenvalue weighted by Gasteiger charge is 2.53. The third-order valence-electron chi connectivity index (χ3n) is 6.90. The maximum atomic E-state index is 13.2. The van der Waals surface area contributed by atoms with Crippen LogP contribution in [-0.4, -0.2) is 32.6 Å². The van der Waals surface area contributed by atoms with E-state index in [2.05, 4.69) is 26.6 Å². The summed E-state index contributed by atoms with van der Waals surface area (Å²) in [5.41, 5.74) is 1.43. The van der Waals surface area contributed by atoms with Crippen LogP contribution >= 0.6 is 0 Å². The van der Waals surface area contributed by atoms with Crippen molar-refractivity contribution in [3.8, 4) is 0 Å². The average Bonchev–Trinajstić information content (AvgIpc) is 3.20. The molecule has 2 aromatic carbocycles. The number of aliphatic hydroxyl groups is 1. The van der Waals surface area contributed by atoms with Crippen LogP contribution in [0.4, 0.5) is 4.39 Å². The highest BCUT2D eigenvalue weighted by molar-refractivity contribution is 5.21. The highest BCUT2D eigenvalue weighted by Crippen LogP contribution is 2.48. The first-order valence-corrected chi connectivity index (χ1v) is 10.9. The SMILES string of the molecule is OC1(c2nccn2Cc2ccccc2)C2CCCC1CN(Cc1ccc(F)cc1)C2. The molecule has 1 N–H and O–H groups in total. The maximum absolute atomic E-state index is 13.2. The fourth-order valence-electron chi connectivity index (χ4n) is 5.46. The fourth-order valence-corrected chi connectivity index (χ4v) is 5.46. The van der Waals surface area contributed by atoms with Gasteiger partial charge >= 0.3 is 0 Å². The van der Waals surface area contributed by atoms with E-state index in [1.165, 1.54) is 17.7 Å². The molecule has 2 bridgehead atoms. The number of hydrogen-bond acceptors (Lipinski definition) is 3. The minimum absolute atomic E-state index is 0.155. The van der Waals surface area contributed by atoms with Crippen molar-refractivity contribution in [1.29, 1.82) is 0 Å².